The summed E-state index contributed by atoms with van der Waals surface area (Å²) < 4.78 is 11.9. The number of carbonyl (C=O) groups excluding carboxylic acids is 1. The van der Waals surface area contributed by atoms with Crippen LogP contribution < -0.4 is 0 Å². The third-order valence-corrected chi connectivity index (χ3v) is 5.65. The third kappa shape index (κ3) is 3.61. The molecule has 154 valence electrons. The molecule has 7 heteroatoms. The van der Waals surface area contributed by atoms with Crippen molar-refractivity contribution in [1.29, 1.82) is 0 Å². The molecule has 0 saturated carbocycles. The molecule has 0 radical (unpaired) electrons. The highest BCUT2D eigenvalue weighted by atomic mass is 35.5. The van der Waals surface area contributed by atoms with E-state index in [9.17, 15) is 9.90 Å². The van der Waals surface area contributed by atoms with Gasteiger partial charge in [0.25, 0.3) is 0 Å². The van der Waals surface area contributed by atoms with E-state index in [1.165, 1.54) is 0 Å². The lowest BCUT2D eigenvalue weighted by Crippen LogP contribution is -2.47. The molecule has 2 aromatic rings. The van der Waals surface area contributed by atoms with Crippen LogP contribution in [0.15, 0.2) is 42.6 Å². The van der Waals surface area contributed by atoms with Gasteiger partial charge in [0.15, 0.2) is 0 Å². The summed E-state index contributed by atoms with van der Waals surface area (Å²) in [5, 5.41) is 12.0. The number of pyridine rings is 1. The zero-order valence-corrected chi connectivity index (χ0v) is 17.6. The van der Waals surface area contributed by atoms with Gasteiger partial charge < -0.3 is 19.5 Å². The number of halogens is 1. The number of amides is 1. The van der Waals surface area contributed by atoms with Gasteiger partial charge in [-0.25, -0.2) is 4.79 Å². The lowest BCUT2D eigenvalue weighted by Gasteiger charge is -2.40. The molecule has 6 nitrogen and oxygen atoms in total. The maximum absolute atomic E-state index is 12.4. The van der Waals surface area contributed by atoms with E-state index in [1.807, 2.05) is 45.0 Å². The number of aromatic nitrogens is 1. The van der Waals surface area contributed by atoms with Crippen molar-refractivity contribution >= 4 is 17.7 Å². The molecule has 1 unspecified atom stereocenters. The first kappa shape index (κ1) is 20.1. The van der Waals surface area contributed by atoms with E-state index in [1.54, 1.807) is 23.2 Å². The molecule has 1 aromatic carbocycles. The highest BCUT2D eigenvalue weighted by molar-refractivity contribution is 6.30. The minimum atomic E-state index is -1.68. The summed E-state index contributed by atoms with van der Waals surface area (Å²) >= 11 is 6.13. The van der Waals surface area contributed by atoms with Crippen molar-refractivity contribution in [1.82, 2.24) is 9.88 Å². The second-order valence-corrected chi connectivity index (χ2v) is 9.05. The van der Waals surface area contributed by atoms with Gasteiger partial charge in [0, 0.05) is 29.9 Å². The Kier molecular flexibility index (Phi) is 4.84. The number of piperidine rings is 1. The number of carbonyl (C=O) groups is 1. The Morgan fingerprint density at radius 3 is 2.48 bits per heavy atom. The zero-order valence-electron chi connectivity index (χ0n) is 16.8. The standard InChI is InChI=1S/C22H25ClN2O4/c1-20(2,3)28-19(26)25-12-9-21(10-13-25)16-6-4-5-7-17(16)22(27,29-21)18-14-15(23)8-11-24-18/h4-8,11,14,27H,9-10,12-13H2,1-3H3. The van der Waals surface area contributed by atoms with Crippen LogP contribution in [0, 0.1) is 0 Å². The number of nitrogens with zero attached hydrogens (tertiary/aromatic N) is 2. The second-order valence-electron chi connectivity index (χ2n) is 8.61. The molecule has 0 aliphatic carbocycles. The maximum Gasteiger partial charge on any atom is 0.410 e. The maximum atomic E-state index is 12.4. The van der Waals surface area contributed by atoms with Crippen molar-refractivity contribution in [2.24, 2.45) is 0 Å². The molecule has 1 aromatic heterocycles. The summed E-state index contributed by atoms with van der Waals surface area (Å²) in [4.78, 5) is 18.4. The van der Waals surface area contributed by atoms with E-state index < -0.39 is 17.0 Å². The highest BCUT2D eigenvalue weighted by Crippen LogP contribution is 2.53. The average Bonchev–Trinajstić information content (AvgIpc) is 2.91. The van der Waals surface area contributed by atoms with Crippen molar-refractivity contribution in [2.45, 2.75) is 50.6 Å². The largest absolute Gasteiger partial charge is 0.444 e. The van der Waals surface area contributed by atoms with E-state index in [2.05, 4.69) is 4.98 Å². The summed E-state index contributed by atoms with van der Waals surface area (Å²) in [5.74, 6) is -1.68. The summed E-state index contributed by atoms with van der Waals surface area (Å²) in [6, 6.07) is 10.9. The van der Waals surface area contributed by atoms with Crippen LogP contribution in [0.2, 0.25) is 5.02 Å². The summed E-state index contributed by atoms with van der Waals surface area (Å²) in [6.45, 7) is 6.50. The number of likely N-dealkylation sites (tertiary alicyclic amines) is 1. The Morgan fingerprint density at radius 2 is 1.86 bits per heavy atom. The molecule has 2 aliphatic heterocycles. The smallest absolute Gasteiger partial charge is 0.410 e. The molecule has 29 heavy (non-hydrogen) atoms. The lowest BCUT2D eigenvalue weighted by atomic mass is 9.83. The molecule has 1 atom stereocenters. The van der Waals surface area contributed by atoms with Crippen LogP contribution in [0.4, 0.5) is 4.79 Å². The normalized spacial score (nSPS) is 23.1. The second kappa shape index (κ2) is 6.97. The van der Waals surface area contributed by atoms with Crippen molar-refractivity contribution in [3.8, 4) is 0 Å². The van der Waals surface area contributed by atoms with Crippen molar-refractivity contribution in [2.75, 3.05) is 13.1 Å². The Labute approximate surface area is 175 Å². The lowest BCUT2D eigenvalue weighted by molar-refractivity contribution is -0.245. The highest BCUT2D eigenvalue weighted by Gasteiger charge is 2.55. The quantitative estimate of drug-likeness (QED) is 0.754. The molecule has 2 aliphatic rings. The Balaban J connectivity index is 1.63. The van der Waals surface area contributed by atoms with Crippen LogP contribution in [0.5, 0.6) is 0 Å². The fourth-order valence-electron chi connectivity index (χ4n) is 4.10. The first-order valence-electron chi connectivity index (χ1n) is 9.75. The fraction of sp³-hybridized carbons (Fsp3) is 0.455. The number of ether oxygens (including phenoxy) is 2. The monoisotopic (exact) mass is 416 g/mol. The number of fused-ring (bicyclic) bond motifs is 2. The van der Waals surface area contributed by atoms with Crippen LogP contribution in [-0.4, -0.2) is 39.8 Å². The van der Waals surface area contributed by atoms with Gasteiger partial charge in [-0.05, 0) is 51.3 Å². The molecule has 1 saturated heterocycles. The molecule has 1 fully saturated rings. The van der Waals surface area contributed by atoms with Crippen LogP contribution in [-0.2, 0) is 20.9 Å². The van der Waals surface area contributed by atoms with Gasteiger partial charge in [-0.2, -0.15) is 0 Å². The van der Waals surface area contributed by atoms with Gasteiger partial charge in [0.1, 0.15) is 16.9 Å². The molecule has 1 N–H and O–H groups in total. The molecule has 1 spiro atoms. The van der Waals surface area contributed by atoms with E-state index >= 15 is 0 Å². The molecular formula is C22H25ClN2O4. The van der Waals surface area contributed by atoms with E-state index in [-0.39, 0.29) is 6.09 Å². The van der Waals surface area contributed by atoms with Gasteiger partial charge in [-0.3, -0.25) is 4.98 Å². The number of benzene rings is 1. The Morgan fingerprint density at radius 1 is 1.21 bits per heavy atom. The predicted molar refractivity (Wildman–Crippen MR) is 108 cm³/mol. The number of hydrogen-bond acceptors (Lipinski definition) is 5. The first-order chi connectivity index (χ1) is 13.6. The summed E-state index contributed by atoms with van der Waals surface area (Å²) in [5.41, 5.74) is 0.701. The van der Waals surface area contributed by atoms with Gasteiger partial charge in [-0.1, -0.05) is 35.9 Å². The van der Waals surface area contributed by atoms with Crippen molar-refractivity contribution < 1.29 is 19.4 Å². The van der Waals surface area contributed by atoms with Crippen LogP contribution in [0.1, 0.15) is 50.4 Å². The number of rotatable bonds is 1. The predicted octanol–water partition coefficient (Wildman–Crippen LogP) is 4.18. The average molecular weight is 417 g/mol. The fourth-order valence-corrected chi connectivity index (χ4v) is 4.26. The van der Waals surface area contributed by atoms with Gasteiger partial charge in [-0.15, -0.1) is 0 Å². The molecule has 4 rings (SSSR count). The minimum absolute atomic E-state index is 0.328. The number of aliphatic hydroxyl groups is 1. The molecular weight excluding hydrogens is 392 g/mol. The SMILES string of the molecule is CC(C)(C)OC(=O)N1CCC2(CC1)OC(O)(c1cc(Cl)ccn1)c1ccccc12. The van der Waals surface area contributed by atoms with Crippen LogP contribution in [0.25, 0.3) is 0 Å². The minimum Gasteiger partial charge on any atom is -0.444 e. The Bertz CT molecular complexity index is 934. The van der Waals surface area contributed by atoms with Crippen molar-refractivity contribution in [3.05, 3.63) is 64.4 Å². The number of hydrogen-bond donors (Lipinski definition) is 1. The molecule has 0 bridgehead atoms. The summed E-state index contributed by atoms with van der Waals surface area (Å²) in [6.07, 6.45) is 2.32. The molecule has 1 amide bonds. The Hall–Kier alpha value is -2.15. The van der Waals surface area contributed by atoms with E-state index in [0.717, 1.165) is 5.56 Å². The zero-order chi connectivity index (χ0) is 20.9. The van der Waals surface area contributed by atoms with E-state index in [4.69, 9.17) is 21.1 Å². The molecule has 3 heterocycles. The van der Waals surface area contributed by atoms with E-state index in [0.29, 0.717) is 42.2 Å². The van der Waals surface area contributed by atoms with Crippen LogP contribution >= 0.6 is 11.6 Å². The summed E-state index contributed by atoms with van der Waals surface area (Å²) in [7, 11) is 0. The van der Waals surface area contributed by atoms with Gasteiger partial charge in [0.05, 0.1) is 0 Å². The van der Waals surface area contributed by atoms with Crippen molar-refractivity contribution in [3.63, 3.8) is 0 Å². The third-order valence-electron chi connectivity index (χ3n) is 5.42. The van der Waals surface area contributed by atoms with Crippen LogP contribution in [0.3, 0.4) is 0 Å². The van der Waals surface area contributed by atoms with Gasteiger partial charge >= 0.3 is 6.09 Å². The first-order valence-corrected chi connectivity index (χ1v) is 10.1. The topological polar surface area (TPSA) is 71.9 Å². The van der Waals surface area contributed by atoms with Gasteiger partial charge in [0.2, 0.25) is 5.79 Å².